The zero-order valence-electron chi connectivity index (χ0n) is 6.63. The molecule has 0 rings (SSSR count). The molecule has 0 aromatic rings. The summed E-state index contributed by atoms with van der Waals surface area (Å²) in [4.78, 5) is 11.3. The topological polar surface area (TPSA) is 46.3 Å². The van der Waals surface area contributed by atoms with Gasteiger partial charge < -0.3 is 10.6 Å². The van der Waals surface area contributed by atoms with Gasteiger partial charge in [-0.15, -0.1) is 0 Å². The Morgan fingerprint density at radius 3 is 2.31 bits per heavy atom. The van der Waals surface area contributed by atoms with Crippen LogP contribution in [0.2, 0.25) is 0 Å². The van der Waals surface area contributed by atoms with E-state index in [1.54, 1.807) is 0 Å². The van der Waals surface area contributed by atoms with E-state index < -0.39 is 12.0 Å². The molecule has 0 aliphatic heterocycles. The third-order valence-corrected chi connectivity index (χ3v) is 1.36. The second kappa shape index (κ2) is 4.22. The highest BCUT2D eigenvalue weighted by Crippen LogP contribution is 2.16. The minimum absolute atomic E-state index is 0.119. The minimum Gasteiger partial charge on any atom is -0.376 e. The van der Waals surface area contributed by atoms with Crippen LogP contribution in [0.3, 0.4) is 0 Å². The number of halogens is 3. The zero-order chi connectivity index (χ0) is 10.6. The van der Waals surface area contributed by atoms with Gasteiger partial charge in [-0.2, -0.15) is 13.2 Å². The number of hydrogen-bond acceptors (Lipinski definition) is 2. The van der Waals surface area contributed by atoms with E-state index in [1.165, 1.54) is 7.05 Å². The summed E-state index contributed by atoms with van der Waals surface area (Å²) in [6.45, 7) is 0. The Balaban J connectivity index is 4.29. The van der Waals surface area contributed by atoms with Crippen LogP contribution >= 0.6 is 12.2 Å². The molecule has 0 bridgehead atoms. The van der Waals surface area contributed by atoms with Gasteiger partial charge in [-0.1, -0.05) is 0 Å². The highest BCUT2D eigenvalue weighted by atomic mass is 32.1. The van der Waals surface area contributed by atoms with Gasteiger partial charge >= 0.3 is 6.18 Å². The van der Waals surface area contributed by atoms with Gasteiger partial charge in [0.15, 0.2) is 5.11 Å². The SMILES string of the molecule is CN(/C=C/C(=O)C(F)(F)F)C(N)=S. The molecule has 0 heterocycles. The molecule has 3 nitrogen and oxygen atoms in total. The molecule has 0 saturated heterocycles. The number of carbonyl (C=O) groups excluding carboxylic acids is 1. The second-order valence-corrected chi connectivity index (χ2v) is 2.55. The van der Waals surface area contributed by atoms with Crippen LogP contribution in [0, 0.1) is 0 Å². The fourth-order valence-electron chi connectivity index (χ4n) is 0.347. The number of nitrogens with two attached hydrogens (primary N) is 1. The smallest absolute Gasteiger partial charge is 0.376 e. The number of ketones is 1. The van der Waals surface area contributed by atoms with Crippen molar-refractivity contribution >= 4 is 23.1 Å². The van der Waals surface area contributed by atoms with Gasteiger partial charge in [0, 0.05) is 19.3 Å². The monoisotopic (exact) mass is 212 g/mol. The normalized spacial score (nSPS) is 11.7. The van der Waals surface area contributed by atoms with Gasteiger partial charge in [0.2, 0.25) is 0 Å². The van der Waals surface area contributed by atoms with E-state index in [0.29, 0.717) is 6.08 Å². The van der Waals surface area contributed by atoms with E-state index in [1.807, 2.05) is 0 Å². The summed E-state index contributed by atoms with van der Waals surface area (Å²) >= 11 is 4.42. The van der Waals surface area contributed by atoms with Crippen LogP contribution in [-0.2, 0) is 4.79 Å². The van der Waals surface area contributed by atoms with Crippen molar-refractivity contribution in [1.82, 2.24) is 4.90 Å². The number of carbonyl (C=O) groups is 1. The number of rotatable bonds is 2. The van der Waals surface area contributed by atoms with Crippen LogP contribution in [0.1, 0.15) is 0 Å². The Bertz CT molecular complexity index is 249. The van der Waals surface area contributed by atoms with Crippen LogP contribution in [0.4, 0.5) is 13.2 Å². The second-order valence-electron chi connectivity index (χ2n) is 2.13. The molecular weight excluding hydrogens is 205 g/mol. The summed E-state index contributed by atoms with van der Waals surface area (Å²) in [6, 6.07) is 0. The maximum absolute atomic E-state index is 11.6. The highest BCUT2D eigenvalue weighted by Gasteiger charge is 2.36. The van der Waals surface area contributed by atoms with E-state index >= 15 is 0 Å². The lowest BCUT2D eigenvalue weighted by Gasteiger charge is -2.09. The molecule has 0 atom stereocenters. The van der Waals surface area contributed by atoms with Crippen LogP contribution in [0.15, 0.2) is 12.3 Å². The summed E-state index contributed by atoms with van der Waals surface area (Å²) in [5.74, 6) is -1.95. The molecule has 0 fully saturated rings. The third-order valence-electron chi connectivity index (χ3n) is 1.08. The van der Waals surface area contributed by atoms with Crippen LogP contribution < -0.4 is 5.73 Å². The molecule has 74 valence electrons. The molecule has 0 unspecified atom stereocenters. The van der Waals surface area contributed by atoms with Gasteiger partial charge in [-0.05, 0) is 12.2 Å². The average Bonchev–Trinajstić information content (AvgIpc) is 1.97. The van der Waals surface area contributed by atoms with Crippen molar-refractivity contribution in [2.24, 2.45) is 5.73 Å². The van der Waals surface area contributed by atoms with Crippen molar-refractivity contribution < 1.29 is 18.0 Å². The lowest BCUT2D eigenvalue weighted by molar-refractivity contribution is -0.165. The Morgan fingerprint density at radius 1 is 1.54 bits per heavy atom. The summed E-state index contributed by atoms with van der Waals surface area (Å²) in [5, 5.41) is -0.119. The lowest BCUT2D eigenvalue weighted by Crippen LogP contribution is -2.28. The molecule has 0 amide bonds. The standard InChI is InChI=1S/C6H7F3N2OS/c1-11(5(10)13)3-2-4(12)6(7,8)9/h2-3H,1H3,(H2,10,13)/b3-2+. The Labute approximate surface area is 78.0 Å². The van der Waals surface area contributed by atoms with E-state index in [2.05, 4.69) is 12.2 Å². The van der Waals surface area contributed by atoms with Crippen molar-refractivity contribution in [2.45, 2.75) is 6.18 Å². The van der Waals surface area contributed by atoms with Crippen LogP contribution in [0.5, 0.6) is 0 Å². The number of alkyl halides is 3. The summed E-state index contributed by atoms with van der Waals surface area (Å²) < 4.78 is 34.9. The predicted molar refractivity (Wildman–Crippen MR) is 44.8 cm³/mol. The van der Waals surface area contributed by atoms with Crippen molar-refractivity contribution in [3.05, 3.63) is 12.3 Å². The van der Waals surface area contributed by atoms with Gasteiger partial charge in [-0.25, -0.2) is 0 Å². The zero-order valence-corrected chi connectivity index (χ0v) is 7.45. The highest BCUT2D eigenvalue weighted by molar-refractivity contribution is 7.80. The van der Waals surface area contributed by atoms with E-state index in [9.17, 15) is 18.0 Å². The molecule has 0 aliphatic carbocycles. The fraction of sp³-hybridized carbons (Fsp3) is 0.333. The van der Waals surface area contributed by atoms with Gasteiger partial charge in [0.25, 0.3) is 5.78 Å². The Morgan fingerprint density at radius 2 is 2.00 bits per heavy atom. The number of allylic oxidation sites excluding steroid dienone is 1. The Hall–Kier alpha value is -1.11. The average molecular weight is 212 g/mol. The summed E-state index contributed by atoms with van der Waals surface area (Å²) in [6.07, 6.45) is -3.63. The predicted octanol–water partition coefficient (Wildman–Crippen LogP) is 0.807. The van der Waals surface area contributed by atoms with E-state index in [4.69, 9.17) is 5.73 Å². The lowest BCUT2D eigenvalue weighted by atomic mass is 10.4. The fourth-order valence-corrected chi connectivity index (χ4v) is 0.408. The van der Waals surface area contributed by atoms with E-state index in [-0.39, 0.29) is 5.11 Å². The number of thiocarbonyl (C=S) groups is 1. The van der Waals surface area contributed by atoms with Crippen molar-refractivity contribution in [3.8, 4) is 0 Å². The molecule has 7 heteroatoms. The molecule has 0 radical (unpaired) electrons. The van der Waals surface area contributed by atoms with Gasteiger partial charge in [0.1, 0.15) is 0 Å². The Kier molecular flexibility index (Phi) is 3.86. The first kappa shape index (κ1) is 11.9. The van der Waals surface area contributed by atoms with Crippen molar-refractivity contribution in [1.29, 1.82) is 0 Å². The molecule has 0 spiro atoms. The third kappa shape index (κ3) is 4.46. The minimum atomic E-state index is -4.85. The summed E-state index contributed by atoms with van der Waals surface area (Å²) in [5.41, 5.74) is 5.04. The number of hydrogen-bond donors (Lipinski definition) is 1. The van der Waals surface area contributed by atoms with Crippen molar-refractivity contribution in [2.75, 3.05) is 7.05 Å². The summed E-state index contributed by atoms with van der Waals surface area (Å²) in [7, 11) is 1.34. The first-order chi connectivity index (χ1) is 5.75. The first-order valence-corrected chi connectivity index (χ1v) is 3.47. The van der Waals surface area contributed by atoms with Crippen molar-refractivity contribution in [3.63, 3.8) is 0 Å². The molecular formula is C6H7F3N2OS. The maximum atomic E-state index is 11.6. The molecule has 0 aliphatic rings. The molecule has 0 aromatic carbocycles. The quantitative estimate of drug-likeness (QED) is 0.543. The van der Waals surface area contributed by atoms with E-state index in [0.717, 1.165) is 11.1 Å². The van der Waals surface area contributed by atoms with Gasteiger partial charge in [0.05, 0.1) is 0 Å². The maximum Gasteiger partial charge on any atom is 0.454 e. The molecule has 0 aromatic heterocycles. The first-order valence-electron chi connectivity index (χ1n) is 3.06. The molecule has 2 N–H and O–H groups in total. The number of nitrogens with zero attached hydrogens (tertiary/aromatic N) is 1. The largest absolute Gasteiger partial charge is 0.454 e. The van der Waals surface area contributed by atoms with Crippen LogP contribution in [0.25, 0.3) is 0 Å². The van der Waals surface area contributed by atoms with Gasteiger partial charge in [-0.3, -0.25) is 4.79 Å². The molecule has 0 saturated carbocycles. The van der Waals surface area contributed by atoms with Crippen LogP contribution in [-0.4, -0.2) is 29.0 Å². The molecule has 13 heavy (non-hydrogen) atoms.